The summed E-state index contributed by atoms with van der Waals surface area (Å²) in [4.78, 5) is 8.42. The van der Waals surface area contributed by atoms with E-state index in [4.69, 9.17) is 0 Å². The Balaban J connectivity index is 2.24. The first kappa shape index (κ1) is 11.4. The summed E-state index contributed by atoms with van der Waals surface area (Å²) in [5.41, 5.74) is 2.23. The fourth-order valence-corrected chi connectivity index (χ4v) is 1.77. The molecule has 1 heterocycles. The third-order valence-corrected chi connectivity index (χ3v) is 2.65. The average Bonchev–Trinajstić information content (AvgIpc) is 2.40. The number of guanidine groups is 1. The molecule has 0 bridgehead atoms. The van der Waals surface area contributed by atoms with Crippen molar-refractivity contribution in [3.63, 3.8) is 0 Å². The largest absolute Gasteiger partial charge is 0.359 e. The Labute approximate surface area is 101 Å². The maximum atomic E-state index is 4.34. The van der Waals surface area contributed by atoms with Crippen LogP contribution in [-0.2, 0) is 6.54 Å². The zero-order valence-electron chi connectivity index (χ0n) is 10.1. The van der Waals surface area contributed by atoms with E-state index in [9.17, 15) is 0 Å². The summed E-state index contributed by atoms with van der Waals surface area (Å²) in [6.45, 7) is 0.733. The smallest absolute Gasteiger partial charge is 0.190 e. The summed E-state index contributed by atoms with van der Waals surface area (Å²) < 4.78 is 0. The SMILES string of the molecule is CN=C(NC)NCc1ccnc2ccccc12. The number of fused-ring (bicyclic) bond motifs is 1. The number of benzene rings is 1. The number of hydrogen-bond donors (Lipinski definition) is 2. The van der Waals surface area contributed by atoms with Crippen LogP contribution in [0.2, 0.25) is 0 Å². The maximum absolute atomic E-state index is 4.34. The standard InChI is InChI=1S/C13H16N4/c1-14-13(15-2)17-9-10-7-8-16-12-6-4-3-5-11(10)12/h3-8H,9H2,1-2H3,(H2,14,15,17). The van der Waals surface area contributed by atoms with Gasteiger partial charge in [0.15, 0.2) is 5.96 Å². The van der Waals surface area contributed by atoms with E-state index >= 15 is 0 Å². The van der Waals surface area contributed by atoms with Crippen molar-refractivity contribution >= 4 is 16.9 Å². The predicted octanol–water partition coefficient (Wildman–Crippen LogP) is 1.53. The van der Waals surface area contributed by atoms with Gasteiger partial charge in [-0.05, 0) is 17.7 Å². The van der Waals surface area contributed by atoms with Crippen molar-refractivity contribution < 1.29 is 0 Å². The molecule has 0 fully saturated rings. The number of rotatable bonds is 2. The van der Waals surface area contributed by atoms with Crippen molar-refractivity contribution in [2.24, 2.45) is 4.99 Å². The number of hydrogen-bond acceptors (Lipinski definition) is 2. The third kappa shape index (κ3) is 2.53. The molecule has 0 spiro atoms. The highest BCUT2D eigenvalue weighted by molar-refractivity contribution is 5.83. The molecule has 2 N–H and O–H groups in total. The maximum Gasteiger partial charge on any atom is 0.190 e. The van der Waals surface area contributed by atoms with Gasteiger partial charge in [-0.15, -0.1) is 0 Å². The minimum atomic E-state index is 0.733. The Hall–Kier alpha value is -2.10. The second kappa shape index (κ2) is 5.30. The molecule has 0 saturated carbocycles. The zero-order valence-corrected chi connectivity index (χ0v) is 10.1. The molecular formula is C13H16N4. The summed E-state index contributed by atoms with van der Waals surface area (Å²) in [6.07, 6.45) is 1.83. The van der Waals surface area contributed by atoms with Crippen molar-refractivity contribution in [3.8, 4) is 0 Å². The Bertz CT molecular complexity index is 528. The van der Waals surface area contributed by atoms with E-state index < -0.39 is 0 Å². The molecule has 17 heavy (non-hydrogen) atoms. The van der Waals surface area contributed by atoms with Gasteiger partial charge in [0.05, 0.1) is 5.52 Å². The van der Waals surface area contributed by atoms with Gasteiger partial charge >= 0.3 is 0 Å². The van der Waals surface area contributed by atoms with E-state index in [0.29, 0.717) is 0 Å². The minimum absolute atomic E-state index is 0.733. The molecule has 1 aromatic heterocycles. The summed E-state index contributed by atoms with van der Waals surface area (Å²) in [7, 11) is 3.60. The van der Waals surface area contributed by atoms with Crippen LogP contribution in [0.25, 0.3) is 10.9 Å². The van der Waals surface area contributed by atoms with E-state index in [2.05, 4.69) is 26.7 Å². The predicted molar refractivity (Wildman–Crippen MR) is 71.0 cm³/mol. The number of aliphatic imine (C=N–C) groups is 1. The highest BCUT2D eigenvalue weighted by Crippen LogP contribution is 2.15. The van der Waals surface area contributed by atoms with Crippen LogP contribution in [0.5, 0.6) is 0 Å². The first-order valence-corrected chi connectivity index (χ1v) is 5.56. The van der Waals surface area contributed by atoms with Crippen LogP contribution in [0.15, 0.2) is 41.5 Å². The van der Waals surface area contributed by atoms with Crippen LogP contribution in [0.1, 0.15) is 5.56 Å². The summed E-state index contributed by atoms with van der Waals surface area (Å²) >= 11 is 0. The number of aromatic nitrogens is 1. The minimum Gasteiger partial charge on any atom is -0.359 e. The lowest BCUT2D eigenvalue weighted by atomic mass is 10.1. The molecule has 0 unspecified atom stereocenters. The Kier molecular flexibility index (Phi) is 3.55. The topological polar surface area (TPSA) is 49.3 Å². The number of pyridine rings is 1. The van der Waals surface area contributed by atoms with Crippen LogP contribution >= 0.6 is 0 Å². The van der Waals surface area contributed by atoms with Gasteiger partial charge < -0.3 is 10.6 Å². The first-order chi connectivity index (χ1) is 8.35. The Morgan fingerprint density at radius 2 is 2.12 bits per heavy atom. The lowest BCUT2D eigenvalue weighted by Crippen LogP contribution is -2.34. The van der Waals surface area contributed by atoms with Gasteiger partial charge in [-0.1, -0.05) is 18.2 Å². The van der Waals surface area contributed by atoms with Crippen molar-refractivity contribution in [1.29, 1.82) is 0 Å². The molecule has 2 rings (SSSR count). The summed E-state index contributed by atoms with van der Waals surface area (Å²) in [5, 5.41) is 7.41. The summed E-state index contributed by atoms with van der Waals surface area (Å²) in [5.74, 6) is 0.783. The number of nitrogens with one attached hydrogen (secondary N) is 2. The molecule has 0 atom stereocenters. The average molecular weight is 228 g/mol. The first-order valence-electron chi connectivity index (χ1n) is 5.56. The van der Waals surface area contributed by atoms with Gasteiger partial charge in [-0.25, -0.2) is 0 Å². The molecule has 88 valence electrons. The highest BCUT2D eigenvalue weighted by atomic mass is 15.1. The molecule has 1 aromatic carbocycles. The lowest BCUT2D eigenvalue weighted by Gasteiger charge is -2.10. The van der Waals surface area contributed by atoms with Crippen LogP contribution in [-0.4, -0.2) is 25.0 Å². The van der Waals surface area contributed by atoms with Gasteiger partial charge in [0.1, 0.15) is 0 Å². The Morgan fingerprint density at radius 3 is 2.88 bits per heavy atom. The van der Waals surface area contributed by atoms with Crippen LogP contribution in [0.3, 0.4) is 0 Å². The van der Waals surface area contributed by atoms with Crippen molar-refractivity contribution in [1.82, 2.24) is 15.6 Å². The van der Waals surface area contributed by atoms with Gasteiger partial charge in [-0.2, -0.15) is 0 Å². The third-order valence-electron chi connectivity index (χ3n) is 2.65. The quantitative estimate of drug-likeness (QED) is 0.605. The molecule has 0 radical (unpaired) electrons. The van der Waals surface area contributed by atoms with Crippen molar-refractivity contribution in [3.05, 3.63) is 42.1 Å². The molecular weight excluding hydrogens is 212 g/mol. The van der Waals surface area contributed by atoms with Crippen LogP contribution in [0.4, 0.5) is 0 Å². The van der Waals surface area contributed by atoms with Gasteiger partial charge in [0.2, 0.25) is 0 Å². The van der Waals surface area contributed by atoms with E-state index in [0.717, 1.165) is 18.0 Å². The normalized spacial score (nSPS) is 11.5. The highest BCUT2D eigenvalue weighted by Gasteiger charge is 2.01. The molecule has 0 aliphatic rings. The Morgan fingerprint density at radius 1 is 1.29 bits per heavy atom. The lowest BCUT2D eigenvalue weighted by molar-refractivity contribution is 0.870. The summed E-state index contributed by atoms with van der Waals surface area (Å²) in [6, 6.07) is 10.2. The zero-order chi connectivity index (χ0) is 12.1. The van der Waals surface area contributed by atoms with Crippen LogP contribution < -0.4 is 10.6 Å². The molecule has 0 aliphatic heterocycles. The van der Waals surface area contributed by atoms with Crippen molar-refractivity contribution in [2.75, 3.05) is 14.1 Å². The molecule has 0 amide bonds. The molecule has 2 aromatic rings. The second-order valence-corrected chi connectivity index (χ2v) is 3.66. The second-order valence-electron chi connectivity index (χ2n) is 3.66. The van der Waals surface area contributed by atoms with Gasteiger partial charge in [-0.3, -0.25) is 9.98 Å². The number of nitrogens with zero attached hydrogens (tertiary/aromatic N) is 2. The molecule has 0 aliphatic carbocycles. The molecule has 4 nitrogen and oxygen atoms in total. The molecule has 4 heteroatoms. The number of para-hydroxylation sites is 1. The fourth-order valence-electron chi connectivity index (χ4n) is 1.77. The van der Waals surface area contributed by atoms with E-state index in [-0.39, 0.29) is 0 Å². The monoisotopic (exact) mass is 228 g/mol. The van der Waals surface area contributed by atoms with Gasteiger partial charge in [0, 0.05) is 32.2 Å². The van der Waals surface area contributed by atoms with E-state index in [1.165, 1.54) is 10.9 Å². The van der Waals surface area contributed by atoms with Crippen LogP contribution in [0, 0.1) is 0 Å². The van der Waals surface area contributed by atoms with E-state index in [1.807, 2.05) is 37.5 Å². The molecule has 0 saturated heterocycles. The van der Waals surface area contributed by atoms with Crippen molar-refractivity contribution in [2.45, 2.75) is 6.54 Å². The fraction of sp³-hybridized carbons (Fsp3) is 0.231. The van der Waals surface area contributed by atoms with Gasteiger partial charge in [0.25, 0.3) is 0 Å². The van der Waals surface area contributed by atoms with E-state index in [1.54, 1.807) is 7.05 Å².